The number of likely N-dealkylation sites (N-methyl/N-ethyl adjacent to an activating group) is 1. The molecule has 2 heterocycles. The molecule has 1 aromatic carbocycles. The number of aromatic nitrogens is 1. The number of aryl methyl sites for hydroxylation is 2. The Hall–Kier alpha value is -1.65. The Morgan fingerprint density at radius 1 is 1.08 bits per heavy atom. The van der Waals surface area contributed by atoms with Crippen LogP contribution in [0.2, 0.25) is 0 Å². The van der Waals surface area contributed by atoms with Gasteiger partial charge in [-0.05, 0) is 44.0 Å². The highest BCUT2D eigenvalue weighted by atomic mass is 16.1. The maximum Gasteiger partial charge on any atom is 0.194 e. The predicted molar refractivity (Wildman–Crippen MR) is 105 cm³/mol. The van der Waals surface area contributed by atoms with Gasteiger partial charge in [-0.15, -0.1) is 0 Å². The van der Waals surface area contributed by atoms with Crippen molar-refractivity contribution in [2.75, 3.05) is 32.7 Å². The molecule has 0 radical (unpaired) electrons. The highest BCUT2D eigenvalue weighted by Crippen LogP contribution is 2.17. The lowest BCUT2D eigenvalue weighted by molar-refractivity contribution is 0.131. The van der Waals surface area contributed by atoms with Crippen LogP contribution in [0.15, 0.2) is 23.0 Å². The largest absolute Gasteiger partial charge is 0.358 e. The first kappa shape index (κ1) is 18.2. The summed E-state index contributed by atoms with van der Waals surface area (Å²) in [5, 5.41) is 0.849. The van der Waals surface area contributed by atoms with E-state index in [4.69, 9.17) is 0 Å². The lowest BCUT2D eigenvalue weighted by atomic mass is 10.0. The van der Waals surface area contributed by atoms with Crippen molar-refractivity contribution in [3.8, 4) is 0 Å². The summed E-state index contributed by atoms with van der Waals surface area (Å²) in [4.78, 5) is 21.4. The predicted octanol–water partition coefficient (Wildman–Crippen LogP) is 3.32. The summed E-state index contributed by atoms with van der Waals surface area (Å²) >= 11 is 0. The smallest absolute Gasteiger partial charge is 0.194 e. The first-order valence-corrected chi connectivity index (χ1v) is 9.71. The van der Waals surface area contributed by atoms with Gasteiger partial charge in [0.15, 0.2) is 5.43 Å². The van der Waals surface area contributed by atoms with Crippen LogP contribution in [0.1, 0.15) is 43.5 Å². The first-order valence-electron chi connectivity index (χ1n) is 9.71. The van der Waals surface area contributed by atoms with Crippen LogP contribution in [0.3, 0.4) is 0 Å². The van der Waals surface area contributed by atoms with Crippen molar-refractivity contribution in [2.45, 2.75) is 46.6 Å². The minimum absolute atomic E-state index is 0.211. The summed E-state index contributed by atoms with van der Waals surface area (Å²) in [6.07, 6.45) is 3.40. The van der Waals surface area contributed by atoms with Gasteiger partial charge in [-0.3, -0.25) is 9.69 Å². The maximum atomic E-state index is 13.1. The Bertz CT molecular complexity index is 773. The van der Waals surface area contributed by atoms with Gasteiger partial charge in [0.2, 0.25) is 0 Å². The quantitative estimate of drug-likeness (QED) is 0.876. The van der Waals surface area contributed by atoms with Crippen LogP contribution in [0, 0.1) is 6.92 Å². The van der Waals surface area contributed by atoms with E-state index in [0.717, 1.165) is 67.8 Å². The summed E-state index contributed by atoms with van der Waals surface area (Å²) < 4.78 is 0. The number of aromatic amines is 1. The molecule has 136 valence electrons. The second-order valence-corrected chi connectivity index (χ2v) is 7.25. The van der Waals surface area contributed by atoms with Gasteiger partial charge < -0.3 is 9.88 Å². The number of benzene rings is 1. The zero-order chi connectivity index (χ0) is 17.8. The number of piperazine rings is 1. The molecule has 0 saturated carbocycles. The number of hydrogen-bond donors (Lipinski definition) is 1. The SMILES string of the molecule is CCCCc1ccc2[nH]c(C)c(CN3CCN(CC)CC3)c(=O)c2c1. The maximum absolute atomic E-state index is 13.1. The number of pyridine rings is 1. The lowest BCUT2D eigenvalue weighted by Crippen LogP contribution is -2.46. The number of H-pyrrole nitrogens is 1. The van der Waals surface area contributed by atoms with E-state index in [0.29, 0.717) is 0 Å². The molecular formula is C21H31N3O. The zero-order valence-electron chi connectivity index (χ0n) is 15.9. The Morgan fingerprint density at radius 2 is 1.80 bits per heavy atom. The second kappa shape index (κ2) is 8.15. The highest BCUT2D eigenvalue weighted by molar-refractivity contribution is 5.80. The number of nitrogens with one attached hydrogen (secondary N) is 1. The monoisotopic (exact) mass is 341 g/mol. The number of rotatable bonds is 6. The lowest BCUT2D eigenvalue weighted by Gasteiger charge is -2.34. The highest BCUT2D eigenvalue weighted by Gasteiger charge is 2.18. The van der Waals surface area contributed by atoms with Crippen molar-refractivity contribution >= 4 is 10.9 Å². The molecule has 1 N–H and O–H groups in total. The number of hydrogen-bond acceptors (Lipinski definition) is 3. The molecule has 1 saturated heterocycles. The minimum Gasteiger partial charge on any atom is -0.358 e. The van der Waals surface area contributed by atoms with E-state index >= 15 is 0 Å². The van der Waals surface area contributed by atoms with E-state index in [1.807, 2.05) is 6.92 Å². The standard InChI is InChI=1S/C21H31N3O/c1-4-6-7-17-8-9-20-18(14-17)21(25)19(16(3)22-20)15-24-12-10-23(5-2)11-13-24/h8-9,14H,4-7,10-13,15H2,1-3H3,(H,22,25). The van der Waals surface area contributed by atoms with Crippen LogP contribution >= 0.6 is 0 Å². The Labute approximate surface area is 150 Å². The van der Waals surface area contributed by atoms with Crippen LogP contribution in [-0.2, 0) is 13.0 Å². The topological polar surface area (TPSA) is 39.3 Å². The summed E-state index contributed by atoms with van der Waals surface area (Å²) in [7, 11) is 0. The van der Waals surface area contributed by atoms with Gasteiger partial charge in [-0.1, -0.05) is 26.3 Å². The number of nitrogens with zero attached hydrogens (tertiary/aromatic N) is 2. The molecule has 3 rings (SSSR count). The molecule has 0 aliphatic carbocycles. The van der Waals surface area contributed by atoms with Gasteiger partial charge >= 0.3 is 0 Å². The Kier molecular flexibility index (Phi) is 5.92. The summed E-state index contributed by atoms with van der Waals surface area (Å²) in [6.45, 7) is 12.6. The molecular weight excluding hydrogens is 310 g/mol. The fraction of sp³-hybridized carbons (Fsp3) is 0.571. The van der Waals surface area contributed by atoms with Crippen molar-refractivity contribution in [2.24, 2.45) is 0 Å². The summed E-state index contributed by atoms with van der Waals surface area (Å²) in [6, 6.07) is 6.32. The third kappa shape index (κ3) is 4.13. The molecule has 1 aliphatic heterocycles. The fourth-order valence-electron chi connectivity index (χ4n) is 3.71. The van der Waals surface area contributed by atoms with E-state index in [2.05, 4.69) is 46.8 Å². The van der Waals surface area contributed by atoms with Crippen molar-refractivity contribution in [3.05, 3.63) is 45.2 Å². The van der Waals surface area contributed by atoms with E-state index in [9.17, 15) is 4.79 Å². The van der Waals surface area contributed by atoms with E-state index < -0.39 is 0 Å². The fourth-order valence-corrected chi connectivity index (χ4v) is 3.71. The number of fused-ring (bicyclic) bond motifs is 1. The van der Waals surface area contributed by atoms with Crippen molar-refractivity contribution in [1.82, 2.24) is 14.8 Å². The van der Waals surface area contributed by atoms with Crippen LogP contribution in [0.4, 0.5) is 0 Å². The molecule has 0 atom stereocenters. The van der Waals surface area contributed by atoms with Crippen LogP contribution in [0.25, 0.3) is 10.9 Å². The van der Waals surface area contributed by atoms with Gasteiger partial charge in [-0.25, -0.2) is 0 Å². The summed E-state index contributed by atoms with van der Waals surface area (Å²) in [5.41, 5.74) is 4.39. The molecule has 4 nitrogen and oxygen atoms in total. The van der Waals surface area contributed by atoms with Gasteiger partial charge in [-0.2, -0.15) is 0 Å². The van der Waals surface area contributed by atoms with Gasteiger partial charge in [0.25, 0.3) is 0 Å². The molecule has 0 amide bonds. The molecule has 0 unspecified atom stereocenters. The van der Waals surface area contributed by atoms with Crippen LogP contribution in [-0.4, -0.2) is 47.5 Å². The molecule has 25 heavy (non-hydrogen) atoms. The second-order valence-electron chi connectivity index (χ2n) is 7.25. The third-order valence-electron chi connectivity index (χ3n) is 5.49. The normalized spacial score (nSPS) is 16.6. The number of unbranched alkanes of at least 4 members (excludes halogenated alkanes) is 1. The minimum atomic E-state index is 0.211. The molecule has 1 aliphatic rings. The molecule has 2 aromatic rings. The molecule has 0 spiro atoms. The molecule has 1 fully saturated rings. The molecule has 4 heteroatoms. The zero-order valence-corrected chi connectivity index (χ0v) is 15.9. The molecule has 1 aromatic heterocycles. The third-order valence-corrected chi connectivity index (χ3v) is 5.49. The average Bonchev–Trinajstić information content (AvgIpc) is 2.64. The van der Waals surface area contributed by atoms with Gasteiger partial charge in [0.05, 0.1) is 0 Å². The van der Waals surface area contributed by atoms with Crippen molar-refractivity contribution < 1.29 is 0 Å². The van der Waals surface area contributed by atoms with Gasteiger partial charge in [0, 0.05) is 54.9 Å². The van der Waals surface area contributed by atoms with E-state index in [-0.39, 0.29) is 5.43 Å². The van der Waals surface area contributed by atoms with Crippen LogP contribution < -0.4 is 5.43 Å². The Morgan fingerprint density at radius 3 is 2.48 bits per heavy atom. The molecule has 0 bridgehead atoms. The average molecular weight is 341 g/mol. The van der Waals surface area contributed by atoms with Crippen LogP contribution in [0.5, 0.6) is 0 Å². The van der Waals surface area contributed by atoms with Crippen molar-refractivity contribution in [1.29, 1.82) is 0 Å². The van der Waals surface area contributed by atoms with Crippen molar-refractivity contribution in [3.63, 3.8) is 0 Å². The Balaban J connectivity index is 1.86. The first-order chi connectivity index (χ1) is 12.1. The van der Waals surface area contributed by atoms with Gasteiger partial charge in [0.1, 0.15) is 0 Å². The summed E-state index contributed by atoms with van der Waals surface area (Å²) in [5.74, 6) is 0. The van der Waals surface area contributed by atoms with E-state index in [1.54, 1.807) is 0 Å². The van der Waals surface area contributed by atoms with E-state index in [1.165, 1.54) is 18.4 Å².